The van der Waals surface area contributed by atoms with Gasteiger partial charge in [-0.25, -0.2) is 8.42 Å². The molecule has 0 saturated carbocycles. The quantitative estimate of drug-likeness (QED) is 0.632. The van der Waals surface area contributed by atoms with E-state index in [2.05, 4.69) is 24.1 Å². The molecular formula is C20H33N3O2S2. The summed E-state index contributed by atoms with van der Waals surface area (Å²) in [5.74, 6) is 0.710. The van der Waals surface area contributed by atoms with Crippen LogP contribution in [0.25, 0.3) is 0 Å². The molecule has 0 unspecified atom stereocenters. The van der Waals surface area contributed by atoms with E-state index in [1.807, 2.05) is 30.3 Å². The molecule has 1 saturated heterocycles. The number of piperazine rings is 1. The van der Waals surface area contributed by atoms with Gasteiger partial charge < -0.3 is 10.2 Å². The molecule has 1 aromatic carbocycles. The summed E-state index contributed by atoms with van der Waals surface area (Å²) in [6.07, 6.45) is 4.86. The molecule has 7 heteroatoms. The maximum absolute atomic E-state index is 12.6. The Bertz CT molecular complexity index is 672. The maximum atomic E-state index is 12.6. The minimum absolute atomic E-state index is 0.0617. The van der Waals surface area contributed by atoms with Crippen molar-refractivity contribution in [2.24, 2.45) is 5.92 Å². The van der Waals surface area contributed by atoms with E-state index in [-0.39, 0.29) is 5.75 Å². The topological polar surface area (TPSA) is 52.6 Å². The molecular weight excluding hydrogens is 378 g/mol. The van der Waals surface area contributed by atoms with Crippen LogP contribution in [-0.4, -0.2) is 55.5 Å². The van der Waals surface area contributed by atoms with E-state index in [9.17, 15) is 8.42 Å². The number of hydrogen-bond donors (Lipinski definition) is 1. The molecule has 0 radical (unpaired) electrons. The summed E-state index contributed by atoms with van der Waals surface area (Å²) in [5, 5.41) is 4.15. The number of sulfonamides is 1. The van der Waals surface area contributed by atoms with Gasteiger partial charge in [0.2, 0.25) is 10.0 Å². The van der Waals surface area contributed by atoms with Crippen molar-refractivity contribution in [2.45, 2.75) is 45.3 Å². The molecule has 2 rings (SSSR count). The average molecular weight is 412 g/mol. The fourth-order valence-electron chi connectivity index (χ4n) is 3.33. The number of hydrogen-bond acceptors (Lipinski definition) is 3. The van der Waals surface area contributed by atoms with Gasteiger partial charge in [0.25, 0.3) is 0 Å². The predicted molar refractivity (Wildman–Crippen MR) is 116 cm³/mol. The smallest absolute Gasteiger partial charge is 0.218 e. The van der Waals surface area contributed by atoms with E-state index in [1.165, 1.54) is 19.3 Å². The monoisotopic (exact) mass is 411 g/mol. The lowest BCUT2D eigenvalue weighted by atomic mass is 9.99. The fourth-order valence-corrected chi connectivity index (χ4v) is 5.11. The molecule has 0 aliphatic carbocycles. The SMILES string of the molecule is CCCC[C@@H](CC)CNC(=S)N1CCN(S(=O)(=O)Cc2ccccc2)CC1. The van der Waals surface area contributed by atoms with Crippen molar-refractivity contribution in [1.82, 2.24) is 14.5 Å². The lowest BCUT2D eigenvalue weighted by Crippen LogP contribution is -2.53. The van der Waals surface area contributed by atoms with Crippen LogP contribution in [0.15, 0.2) is 30.3 Å². The summed E-state index contributed by atoms with van der Waals surface area (Å²) in [6.45, 7) is 7.62. The second-order valence-corrected chi connectivity index (χ2v) is 9.59. The van der Waals surface area contributed by atoms with Gasteiger partial charge in [-0.1, -0.05) is 63.4 Å². The zero-order chi connectivity index (χ0) is 19.7. The van der Waals surface area contributed by atoms with Crippen LogP contribution in [0.4, 0.5) is 0 Å². The van der Waals surface area contributed by atoms with Crippen LogP contribution in [0.1, 0.15) is 45.1 Å². The molecule has 5 nitrogen and oxygen atoms in total. The molecule has 1 N–H and O–H groups in total. The molecule has 0 aromatic heterocycles. The van der Waals surface area contributed by atoms with Crippen LogP contribution < -0.4 is 5.32 Å². The summed E-state index contributed by atoms with van der Waals surface area (Å²) >= 11 is 5.54. The third-order valence-corrected chi connectivity index (χ3v) is 7.45. The van der Waals surface area contributed by atoms with Gasteiger partial charge in [0, 0.05) is 32.7 Å². The Hall–Kier alpha value is -1.18. The maximum Gasteiger partial charge on any atom is 0.218 e. The van der Waals surface area contributed by atoms with Gasteiger partial charge in [-0.3, -0.25) is 0 Å². The summed E-state index contributed by atoms with van der Waals surface area (Å²) in [6, 6.07) is 9.35. The minimum atomic E-state index is -3.28. The van der Waals surface area contributed by atoms with Crippen LogP contribution in [0.3, 0.4) is 0 Å². The average Bonchev–Trinajstić information content (AvgIpc) is 2.68. The van der Waals surface area contributed by atoms with E-state index in [4.69, 9.17) is 12.2 Å². The highest BCUT2D eigenvalue weighted by molar-refractivity contribution is 7.88. The number of thiocarbonyl (C=S) groups is 1. The van der Waals surface area contributed by atoms with Crippen molar-refractivity contribution in [3.63, 3.8) is 0 Å². The molecule has 152 valence electrons. The second kappa shape index (κ2) is 11.0. The van der Waals surface area contributed by atoms with E-state index < -0.39 is 10.0 Å². The van der Waals surface area contributed by atoms with E-state index in [0.29, 0.717) is 32.1 Å². The number of benzene rings is 1. The second-order valence-electron chi connectivity index (χ2n) is 7.23. The Morgan fingerprint density at radius 1 is 1.15 bits per heavy atom. The van der Waals surface area contributed by atoms with Crippen molar-refractivity contribution in [2.75, 3.05) is 32.7 Å². The van der Waals surface area contributed by atoms with Crippen molar-refractivity contribution in [3.05, 3.63) is 35.9 Å². The van der Waals surface area contributed by atoms with E-state index >= 15 is 0 Å². The van der Waals surface area contributed by atoms with Gasteiger partial charge in [0.15, 0.2) is 5.11 Å². The van der Waals surface area contributed by atoms with Gasteiger partial charge >= 0.3 is 0 Å². The summed E-state index contributed by atoms with van der Waals surface area (Å²) < 4.78 is 26.9. The van der Waals surface area contributed by atoms with E-state index in [0.717, 1.165) is 23.6 Å². The fraction of sp³-hybridized carbons (Fsp3) is 0.650. The third kappa shape index (κ3) is 7.05. The third-order valence-electron chi connectivity index (χ3n) is 5.20. The normalized spacial score (nSPS) is 16.9. The summed E-state index contributed by atoms with van der Waals surface area (Å²) in [7, 11) is -3.28. The van der Waals surface area contributed by atoms with Crippen molar-refractivity contribution >= 4 is 27.4 Å². The lowest BCUT2D eigenvalue weighted by Gasteiger charge is -2.36. The first-order valence-corrected chi connectivity index (χ1v) is 12.0. The first kappa shape index (κ1) is 22.1. The largest absolute Gasteiger partial charge is 0.362 e. The number of nitrogens with zero attached hydrogens (tertiary/aromatic N) is 2. The Balaban J connectivity index is 1.79. The first-order valence-electron chi connectivity index (χ1n) is 10.0. The molecule has 1 aromatic rings. The van der Waals surface area contributed by atoms with Crippen LogP contribution in [-0.2, 0) is 15.8 Å². The summed E-state index contributed by atoms with van der Waals surface area (Å²) in [4.78, 5) is 2.09. The zero-order valence-electron chi connectivity index (χ0n) is 16.6. The number of rotatable bonds is 9. The Labute approximate surface area is 170 Å². The molecule has 0 amide bonds. The Kier molecular flexibility index (Phi) is 8.99. The molecule has 1 atom stereocenters. The molecule has 1 aliphatic heterocycles. The van der Waals surface area contributed by atoms with Crippen LogP contribution >= 0.6 is 12.2 Å². The molecule has 1 heterocycles. The van der Waals surface area contributed by atoms with Crippen molar-refractivity contribution < 1.29 is 8.42 Å². The molecule has 0 spiro atoms. The Morgan fingerprint density at radius 3 is 2.41 bits per heavy atom. The summed E-state index contributed by atoms with van der Waals surface area (Å²) in [5.41, 5.74) is 0.829. The van der Waals surface area contributed by atoms with Crippen LogP contribution in [0.2, 0.25) is 0 Å². The van der Waals surface area contributed by atoms with Crippen LogP contribution in [0.5, 0.6) is 0 Å². The highest BCUT2D eigenvalue weighted by Gasteiger charge is 2.28. The number of unbranched alkanes of at least 4 members (excludes halogenated alkanes) is 1. The molecule has 1 aliphatic rings. The van der Waals surface area contributed by atoms with Gasteiger partial charge in [-0.15, -0.1) is 0 Å². The predicted octanol–water partition coefficient (Wildman–Crippen LogP) is 3.22. The standard InChI is InChI=1S/C20H33N3O2S2/c1-3-5-9-18(4-2)16-21-20(26)22-12-14-23(15-13-22)27(24,25)17-19-10-7-6-8-11-19/h6-8,10-11,18H,3-5,9,12-17H2,1-2H3,(H,21,26)/t18-/m1/s1. The van der Waals surface area contributed by atoms with Crippen LogP contribution in [0, 0.1) is 5.92 Å². The van der Waals surface area contributed by atoms with Gasteiger partial charge in [-0.05, 0) is 30.1 Å². The van der Waals surface area contributed by atoms with Gasteiger partial charge in [0.1, 0.15) is 0 Å². The molecule has 0 bridgehead atoms. The minimum Gasteiger partial charge on any atom is -0.362 e. The highest BCUT2D eigenvalue weighted by Crippen LogP contribution is 2.15. The zero-order valence-corrected chi connectivity index (χ0v) is 18.2. The van der Waals surface area contributed by atoms with Crippen molar-refractivity contribution in [1.29, 1.82) is 0 Å². The Morgan fingerprint density at radius 2 is 1.81 bits per heavy atom. The molecule has 1 fully saturated rings. The number of nitrogens with one attached hydrogen (secondary N) is 1. The lowest BCUT2D eigenvalue weighted by molar-refractivity contribution is 0.262. The molecule has 27 heavy (non-hydrogen) atoms. The van der Waals surface area contributed by atoms with Gasteiger partial charge in [0.05, 0.1) is 5.75 Å². The van der Waals surface area contributed by atoms with Gasteiger partial charge in [-0.2, -0.15) is 4.31 Å². The van der Waals surface area contributed by atoms with E-state index in [1.54, 1.807) is 4.31 Å². The highest BCUT2D eigenvalue weighted by atomic mass is 32.2. The van der Waals surface area contributed by atoms with Crippen molar-refractivity contribution in [3.8, 4) is 0 Å². The first-order chi connectivity index (χ1) is 13.0.